The molecule has 2 amide bonds. The molecule has 0 saturated heterocycles. The van der Waals surface area contributed by atoms with E-state index in [4.69, 9.17) is 4.74 Å². The molecule has 2 aromatic heterocycles. The minimum absolute atomic E-state index is 0.168. The molecule has 0 aliphatic carbocycles. The van der Waals surface area contributed by atoms with Gasteiger partial charge in [0.15, 0.2) is 0 Å². The minimum Gasteiger partial charge on any atom is -0.444 e. The van der Waals surface area contributed by atoms with Crippen LogP contribution in [0.25, 0.3) is 10.9 Å². The number of amides is 2. The molecular weight excluding hydrogens is 416 g/mol. The lowest BCUT2D eigenvalue weighted by Gasteiger charge is -2.27. The number of benzene rings is 1. The number of fused-ring (bicyclic) bond motifs is 1. The molecule has 2 heterocycles. The van der Waals surface area contributed by atoms with Crippen LogP contribution in [-0.2, 0) is 11.3 Å². The van der Waals surface area contributed by atoms with Crippen LogP contribution >= 0.6 is 0 Å². The lowest BCUT2D eigenvalue weighted by Crippen LogP contribution is -2.38. The van der Waals surface area contributed by atoms with Gasteiger partial charge in [-0.05, 0) is 70.4 Å². The number of ether oxygens (including phenoxy) is 1. The zero-order valence-electron chi connectivity index (χ0n) is 20.0. The normalized spacial score (nSPS) is 11.3. The van der Waals surface area contributed by atoms with Crippen molar-refractivity contribution in [2.45, 2.75) is 53.2 Å². The Hall–Kier alpha value is -3.48. The van der Waals surface area contributed by atoms with Crippen LogP contribution in [0.15, 0.2) is 48.8 Å². The lowest BCUT2D eigenvalue weighted by atomic mass is 10.1. The van der Waals surface area contributed by atoms with Gasteiger partial charge < -0.3 is 15.0 Å². The first kappa shape index (κ1) is 24.2. The molecule has 0 unspecified atom stereocenters. The van der Waals surface area contributed by atoms with E-state index in [1.807, 2.05) is 71.0 Å². The molecule has 0 aliphatic heterocycles. The maximum Gasteiger partial charge on any atom is 0.410 e. The summed E-state index contributed by atoms with van der Waals surface area (Å²) in [7, 11) is 0. The molecule has 174 valence electrons. The topological polar surface area (TPSA) is 84.4 Å². The quantitative estimate of drug-likeness (QED) is 0.525. The molecule has 0 radical (unpaired) electrons. The van der Waals surface area contributed by atoms with Gasteiger partial charge >= 0.3 is 6.09 Å². The van der Waals surface area contributed by atoms with Crippen molar-refractivity contribution >= 4 is 22.9 Å². The third-order valence-corrected chi connectivity index (χ3v) is 5.05. The van der Waals surface area contributed by atoms with E-state index in [-0.39, 0.29) is 12.0 Å². The van der Waals surface area contributed by atoms with E-state index in [0.29, 0.717) is 37.3 Å². The van der Waals surface area contributed by atoms with Crippen molar-refractivity contribution in [2.75, 3.05) is 13.1 Å². The first-order chi connectivity index (χ1) is 15.6. The van der Waals surface area contributed by atoms with Gasteiger partial charge in [-0.25, -0.2) is 4.79 Å². The number of nitrogens with one attached hydrogen (secondary N) is 1. The highest BCUT2D eigenvalue weighted by Gasteiger charge is 2.22. The Morgan fingerprint density at radius 3 is 2.61 bits per heavy atom. The summed E-state index contributed by atoms with van der Waals surface area (Å²) >= 11 is 0. The van der Waals surface area contributed by atoms with Crippen molar-refractivity contribution in [1.29, 1.82) is 0 Å². The van der Waals surface area contributed by atoms with Gasteiger partial charge in [0.2, 0.25) is 0 Å². The van der Waals surface area contributed by atoms with Crippen LogP contribution in [0.2, 0.25) is 0 Å². The number of rotatable bonds is 7. The number of hydrogen-bond acceptors (Lipinski definition) is 5. The number of pyridine rings is 2. The molecule has 3 rings (SSSR count). The highest BCUT2D eigenvalue weighted by molar-refractivity contribution is 5.98. The van der Waals surface area contributed by atoms with Gasteiger partial charge in [-0.3, -0.25) is 14.8 Å². The van der Waals surface area contributed by atoms with E-state index in [1.165, 1.54) is 0 Å². The molecule has 0 aliphatic rings. The number of carbonyl (C=O) groups excluding carboxylic acids is 2. The summed E-state index contributed by atoms with van der Waals surface area (Å²) in [4.78, 5) is 35.8. The predicted molar refractivity (Wildman–Crippen MR) is 129 cm³/mol. The lowest BCUT2D eigenvalue weighted by molar-refractivity contribution is 0.0232. The molecule has 0 atom stereocenters. The smallest absolute Gasteiger partial charge is 0.410 e. The molecule has 1 aromatic carbocycles. The van der Waals surface area contributed by atoms with Gasteiger partial charge in [0.05, 0.1) is 23.3 Å². The average Bonchev–Trinajstić information content (AvgIpc) is 2.74. The Labute approximate surface area is 195 Å². The third-order valence-electron chi connectivity index (χ3n) is 5.05. The van der Waals surface area contributed by atoms with E-state index < -0.39 is 5.60 Å². The first-order valence-corrected chi connectivity index (χ1v) is 11.2. The summed E-state index contributed by atoms with van der Waals surface area (Å²) < 4.78 is 5.56. The van der Waals surface area contributed by atoms with Gasteiger partial charge in [0.1, 0.15) is 5.60 Å². The fourth-order valence-electron chi connectivity index (χ4n) is 3.44. The molecule has 0 fully saturated rings. The van der Waals surface area contributed by atoms with Crippen LogP contribution in [-0.4, -0.2) is 45.6 Å². The van der Waals surface area contributed by atoms with Crippen LogP contribution in [0, 0.1) is 13.8 Å². The zero-order chi connectivity index (χ0) is 24.0. The molecule has 0 spiro atoms. The van der Waals surface area contributed by atoms with Crippen LogP contribution in [0.5, 0.6) is 0 Å². The standard InChI is InChI=1S/C26H32N4O3/c1-18-9-10-21-15-22(19(2)29-23(21)14-18)24(31)28-12-7-13-30(25(32)33-26(3,4)5)17-20-8-6-11-27-16-20/h6,8-11,14-16H,7,12-13,17H2,1-5H3,(H,28,31). The van der Waals surface area contributed by atoms with Crippen LogP contribution in [0.4, 0.5) is 4.79 Å². The summed E-state index contributed by atoms with van der Waals surface area (Å²) in [6, 6.07) is 11.6. The van der Waals surface area contributed by atoms with E-state index >= 15 is 0 Å². The SMILES string of the molecule is Cc1ccc2cc(C(=O)NCCCN(Cc3cccnc3)C(=O)OC(C)(C)C)c(C)nc2c1. The number of nitrogens with zero attached hydrogens (tertiary/aromatic N) is 3. The molecule has 33 heavy (non-hydrogen) atoms. The van der Waals surface area contributed by atoms with Crippen molar-refractivity contribution in [3.8, 4) is 0 Å². The van der Waals surface area contributed by atoms with E-state index in [1.54, 1.807) is 17.3 Å². The van der Waals surface area contributed by atoms with Gasteiger partial charge in [-0.15, -0.1) is 0 Å². The molecule has 1 N–H and O–H groups in total. The minimum atomic E-state index is -0.586. The highest BCUT2D eigenvalue weighted by atomic mass is 16.6. The highest BCUT2D eigenvalue weighted by Crippen LogP contribution is 2.18. The van der Waals surface area contributed by atoms with E-state index in [2.05, 4.69) is 15.3 Å². The average molecular weight is 449 g/mol. The third kappa shape index (κ3) is 7.00. The Morgan fingerprint density at radius 1 is 1.12 bits per heavy atom. The molecule has 3 aromatic rings. The van der Waals surface area contributed by atoms with Crippen molar-refractivity contribution in [3.05, 3.63) is 71.2 Å². The Balaban J connectivity index is 1.60. The predicted octanol–water partition coefficient (Wildman–Crippen LogP) is 4.80. The molecule has 7 nitrogen and oxygen atoms in total. The van der Waals surface area contributed by atoms with E-state index in [9.17, 15) is 9.59 Å². The first-order valence-electron chi connectivity index (χ1n) is 11.2. The summed E-state index contributed by atoms with van der Waals surface area (Å²) in [5, 5.41) is 3.89. The summed E-state index contributed by atoms with van der Waals surface area (Å²) in [6.45, 7) is 10.7. The number of hydrogen-bond donors (Lipinski definition) is 1. The molecular formula is C26H32N4O3. The van der Waals surface area contributed by atoms with Crippen molar-refractivity contribution in [1.82, 2.24) is 20.2 Å². The molecule has 0 saturated carbocycles. The van der Waals surface area contributed by atoms with Crippen molar-refractivity contribution in [2.24, 2.45) is 0 Å². The van der Waals surface area contributed by atoms with Gasteiger partial charge in [0, 0.05) is 30.9 Å². The largest absolute Gasteiger partial charge is 0.444 e. The number of carbonyl (C=O) groups is 2. The van der Waals surface area contributed by atoms with Crippen LogP contribution in [0.3, 0.4) is 0 Å². The summed E-state index contributed by atoms with van der Waals surface area (Å²) in [5.74, 6) is -0.168. The number of aromatic nitrogens is 2. The Bertz CT molecular complexity index is 1120. The van der Waals surface area contributed by atoms with Gasteiger partial charge in [-0.2, -0.15) is 0 Å². The van der Waals surface area contributed by atoms with Gasteiger partial charge in [-0.1, -0.05) is 18.2 Å². The maximum atomic E-state index is 12.8. The fourth-order valence-corrected chi connectivity index (χ4v) is 3.44. The second-order valence-electron chi connectivity index (χ2n) is 9.19. The van der Waals surface area contributed by atoms with E-state index in [0.717, 1.165) is 22.0 Å². The monoisotopic (exact) mass is 448 g/mol. The Morgan fingerprint density at radius 2 is 1.91 bits per heavy atom. The Kier molecular flexibility index (Phi) is 7.63. The maximum absolute atomic E-state index is 12.8. The number of aryl methyl sites for hydroxylation is 2. The zero-order valence-corrected chi connectivity index (χ0v) is 20.0. The molecule has 7 heteroatoms. The summed E-state index contributed by atoms with van der Waals surface area (Å²) in [5.41, 5.74) is 3.60. The fraction of sp³-hybridized carbons (Fsp3) is 0.385. The second kappa shape index (κ2) is 10.4. The van der Waals surface area contributed by atoms with Gasteiger partial charge in [0.25, 0.3) is 5.91 Å². The van der Waals surface area contributed by atoms with Crippen molar-refractivity contribution in [3.63, 3.8) is 0 Å². The summed E-state index contributed by atoms with van der Waals surface area (Å²) in [6.07, 6.45) is 3.63. The molecule has 0 bridgehead atoms. The second-order valence-corrected chi connectivity index (χ2v) is 9.19. The van der Waals surface area contributed by atoms with Crippen LogP contribution in [0.1, 0.15) is 54.4 Å². The van der Waals surface area contributed by atoms with Crippen LogP contribution < -0.4 is 5.32 Å². The van der Waals surface area contributed by atoms with Crippen molar-refractivity contribution < 1.29 is 14.3 Å².